The van der Waals surface area contributed by atoms with E-state index in [0.29, 0.717) is 28.4 Å². The summed E-state index contributed by atoms with van der Waals surface area (Å²) in [7, 11) is 1.57. The molecule has 0 saturated carbocycles. The number of benzene rings is 3. The van der Waals surface area contributed by atoms with Crippen molar-refractivity contribution in [2.24, 2.45) is 0 Å². The number of nitrogens with one attached hydrogen (secondary N) is 3. The van der Waals surface area contributed by atoms with Gasteiger partial charge in [0.15, 0.2) is 0 Å². The van der Waals surface area contributed by atoms with Crippen LogP contribution in [-0.4, -0.2) is 35.1 Å². The van der Waals surface area contributed by atoms with Gasteiger partial charge < -0.3 is 20.7 Å². The third-order valence-electron chi connectivity index (χ3n) is 5.67. The van der Waals surface area contributed by atoms with E-state index in [0.717, 1.165) is 4.90 Å². The van der Waals surface area contributed by atoms with E-state index in [1.807, 2.05) is 25.1 Å². The van der Waals surface area contributed by atoms with Crippen LogP contribution >= 0.6 is 11.8 Å². The molecular weight excluding hydrogens is 524 g/mol. The van der Waals surface area contributed by atoms with Crippen LogP contribution in [0.15, 0.2) is 114 Å². The zero-order valence-corrected chi connectivity index (χ0v) is 22.8. The van der Waals surface area contributed by atoms with Crippen molar-refractivity contribution >= 4 is 47.1 Å². The van der Waals surface area contributed by atoms with Crippen molar-refractivity contribution in [3.63, 3.8) is 0 Å². The van der Waals surface area contributed by atoms with Crippen LogP contribution in [0, 0.1) is 0 Å². The monoisotopic (exact) mass is 552 g/mol. The first-order chi connectivity index (χ1) is 19.4. The van der Waals surface area contributed by atoms with Gasteiger partial charge in [0.1, 0.15) is 17.3 Å². The van der Waals surface area contributed by atoms with Crippen LogP contribution in [0.2, 0.25) is 0 Å². The molecule has 8 nitrogen and oxygen atoms in total. The normalized spacial score (nSPS) is 11.7. The first-order valence-corrected chi connectivity index (χ1v) is 13.3. The first-order valence-electron chi connectivity index (χ1n) is 12.4. The molecule has 3 aromatic carbocycles. The molecule has 0 bridgehead atoms. The molecule has 0 aliphatic rings. The summed E-state index contributed by atoms with van der Waals surface area (Å²) in [5.74, 6) is 0.126. The molecule has 0 fully saturated rings. The van der Waals surface area contributed by atoms with Crippen molar-refractivity contribution in [2.45, 2.75) is 17.1 Å². The molecule has 202 valence electrons. The highest BCUT2D eigenvalue weighted by Crippen LogP contribution is 2.26. The highest BCUT2D eigenvalue weighted by Gasteiger charge is 2.17. The van der Waals surface area contributed by atoms with E-state index >= 15 is 0 Å². The summed E-state index contributed by atoms with van der Waals surface area (Å²) < 4.78 is 5.20. The highest BCUT2D eigenvalue weighted by molar-refractivity contribution is 8.00. The van der Waals surface area contributed by atoms with Crippen molar-refractivity contribution < 1.29 is 19.1 Å². The van der Waals surface area contributed by atoms with Gasteiger partial charge in [0.05, 0.1) is 12.4 Å². The minimum atomic E-state index is -0.483. The molecule has 1 unspecified atom stereocenters. The Kier molecular flexibility index (Phi) is 9.68. The van der Waals surface area contributed by atoms with Gasteiger partial charge in [0, 0.05) is 22.3 Å². The van der Waals surface area contributed by atoms with Gasteiger partial charge in [-0.1, -0.05) is 36.4 Å². The average Bonchev–Trinajstić information content (AvgIpc) is 2.99. The summed E-state index contributed by atoms with van der Waals surface area (Å²) in [5, 5.41) is 7.98. The SMILES string of the molecule is COc1ccc(/C=C(\NC(=O)c2ccccc2)C(=O)Nc2ccc(SC(C)C(=O)Nc3ccccn3)cc2)cc1. The second-order valence-electron chi connectivity index (χ2n) is 8.59. The van der Waals surface area contributed by atoms with Crippen LogP contribution in [0.25, 0.3) is 6.08 Å². The number of rotatable bonds is 10. The van der Waals surface area contributed by atoms with Gasteiger partial charge in [0.2, 0.25) is 5.91 Å². The third-order valence-corrected chi connectivity index (χ3v) is 6.78. The minimum absolute atomic E-state index is 0.0808. The van der Waals surface area contributed by atoms with Crippen molar-refractivity contribution in [2.75, 3.05) is 17.7 Å². The maximum atomic E-state index is 13.2. The van der Waals surface area contributed by atoms with Gasteiger partial charge in [-0.25, -0.2) is 4.98 Å². The van der Waals surface area contributed by atoms with Gasteiger partial charge in [-0.2, -0.15) is 0 Å². The maximum Gasteiger partial charge on any atom is 0.272 e. The number of carbonyl (C=O) groups is 3. The summed E-state index contributed by atoms with van der Waals surface area (Å²) in [4.78, 5) is 43.6. The number of carbonyl (C=O) groups excluding carboxylic acids is 3. The smallest absolute Gasteiger partial charge is 0.272 e. The Labute approximate surface area is 236 Å². The quantitative estimate of drug-likeness (QED) is 0.174. The van der Waals surface area contributed by atoms with E-state index in [4.69, 9.17) is 4.74 Å². The Morgan fingerprint density at radius 2 is 1.55 bits per heavy atom. The third kappa shape index (κ3) is 8.05. The summed E-state index contributed by atoms with van der Waals surface area (Å²) in [6.07, 6.45) is 3.22. The van der Waals surface area contributed by atoms with Crippen molar-refractivity contribution in [1.29, 1.82) is 0 Å². The van der Waals surface area contributed by atoms with Crippen molar-refractivity contribution in [3.8, 4) is 5.75 Å². The molecule has 1 atom stereocenters. The lowest BCUT2D eigenvalue weighted by Gasteiger charge is -2.13. The number of hydrogen-bond donors (Lipinski definition) is 3. The molecule has 4 aromatic rings. The Hall–Kier alpha value is -4.89. The van der Waals surface area contributed by atoms with Crippen molar-refractivity contribution in [1.82, 2.24) is 10.3 Å². The fraction of sp³-hybridized carbons (Fsp3) is 0.0968. The standard InChI is InChI=1S/C31H28N4O4S/c1-21(29(36)35-28-10-6-7-19-32-28)40-26-17-13-24(14-18-26)33-31(38)27(20-22-11-15-25(39-2)16-12-22)34-30(37)23-8-4-3-5-9-23/h3-21H,1-2H3,(H,33,38)(H,34,37)(H,32,35,36)/b27-20-. The number of aromatic nitrogens is 1. The number of pyridine rings is 1. The number of nitrogens with zero attached hydrogens (tertiary/aromatic N) is 1. The lowest BCUT2D eigenvalue weighted by Crippen LogP contribution is -2.30. The molecule has 0 radical (unpaired) electrons. The van der Waals surface area contributed by atoms with E-state index in [-0.39, 0.29) is 16.9 Å². The van der Waals surface area contributed by atoms with E-state index < -0.39 is 11.8 Å². The molecule has 4 rings (SSSR count). The maximum absolute atomic E-state index is 13.2. The summed E-state index contributed by atoms with van der Waals surface area (Å²) in [5.41, 5.74) is 1.76. The van der Waals surface area contributed by atoms with Gasteiger partial charge in [-0.05, 0) is 79.2 Å². The topological polar surface area (TPSA) is 109 Å². The zero-order valence-electron chi connectivity index (χ0n) is 22.0. The van der Waals surface area contributed by atoms with Crippen LogP contribution in [-0.2, 0) is 9.59 Å². The lowest BCUT2D eigenvalue weighted by atomic mass is 10.1. The molecule has 3 amide bonds. The second kappa shape index (κ2) is 13.8. The molecule has 0 aliphatic carbocycles. The van der Waals surface area contributed by atoms with Crippen LogP contribution in [0.4, 0.5) is 11.5 Å². The summed E-state index contributed by atoms with van der Waals surface area (Å²) >= 11 is 1.38. The summed E-state index contributed by atoms with van der Waals surface area (Å²) in [6, 6.07) is 28.2. The van der Waals surface area contributed by atoms with Gasteiger partial charge in [0.25, 0.3) is 11.8 Å². The molecular formula is C31H28N4O4S. The van der Waals surface area contributed by atoms with Gasteiger partial charge in [-0.15, -0.1) is 11.8 Å². The predicted molar refractivity (Wildman–Crippen MR) is 158 cm³/mol. The molecule has 0 spiro atoms. The first kappa shape index (κ1) is 28.1. The van der Waals surface area contributed by atoms with Crippen LogP contribution in [0.3, 0.4) is 0 Å². The van der Waals surface area contributed by atoms with Gasteiger partial charge >= 0.3 is 0 Å². The van der Waals surface area contributed by atoms with E-state index in [2.05, 4.69) is 20.9 Å². The second-order valence-corrected chi connectivity index (χ2v) is 10.0. The van der Waals surface area contributed by atoms with Crippen LogP contribution in [0.5, 0.6) is 5.75 Å². The fourth-order valence-corrected chi connectivity index (χ4v) is 4.41. The average molecular weight is 553 g/mol. The number of anilines is 2. The number of ether oxygens (including phenoxy) is 1. The fourth-order valence-electron chi connectivity index (χ4n) is 3.55. The highest BCUT2D eigenvalue weighted by atomic mass is 32.2. The largest absolute Gasteiger partial charge is 0.497 e. The van der Waals surface area contributed by atoms with Crippen LogP contribution < -0.4 is 20.7 Å². The van der Waals surface area contributed by atoms with E-state index in [1.54, 1.807) is 98.2 Å². The summed E-state index contributed by atoms with van der Waals surface area (Å²) in [6.45, 7) is 1.81. The number of thioether (sulfide) groups is 1. The van der Waals surface area contributed by atoms with E-state index in [1.165, 1.54) is 11.8 Å². The number of methoxy groups -OCH3 is 1. The Morgan fingerprint density at radius 1 is 0.850 bits per heavy atom. The van der Waals surface area contributed by atoms with Gasteiger partial charge in [-0.3, -0.25) is 14.4 Å². The Bertz CT molecular complexity index is 1480. The minimum Gasteiger partial charge on any atom is -0.497 e. The molecule has 40 heavy (non-hydrogen) atoms. The Balaban J connectivity index is 1.44. The van der Waals surface area contributed by atoms with Crippen molar-refractivity contribution in [3.05, 3.63) is 120 Å². The Morgan fingerprint density at radius 3 is 2.20 bits per heavy atom. The molecule has 0 saturated heterocycles. The number of amides is 3. The molecule has 0 aliphatic heterocycles. The molecule has 9 heteroatoms. The predicted octanol–water partition coefficient (Wildman–Crippen LogP) is 5.62. The molecule has 3 N–H and O–H groups in total. The number of hydrogen-bond acceptors (Lipinski definition) is 6. The van der Waals surface area contributed by atoms with E-state index in [9.17, 15) is 14.4 Å². The van der Waals surface area contributed by atoms with Crippen LogP contribution in [0.1, 0.15) is 22.8 Å². The zero-order chi connectivity index (χ0) is 28.3. The lowest BCUT2D eigenvalue weighted by molar-refractivity contribution is -0.115. The molecule has 1 heterocycles. The molecule has 1 aromatic heterocycles.